The fraction of sp³-hybridized carbons (Fsp3) is 0.417. The van der Waals surface area contributed by atoms with Crippen molar-refractivity contribution >= 4 is 6.09 Å². The largest absolute Gasteiger partial charge is 0.447 e. The van der Waals surface area contributed by atoms with Crippen LogP contribution in [0.3, 0.4) is 0 Å². The molecule has 15 heavy (non-hydrogen) atoms. The zero-order valence-corrected chi connectivity index (χ0v) is 9.41. The van der Waals surface area contributed by atoms with E-state index >= 15 is 0 Å². The average Bonchev–Trinajstić information content (AvgIpc) is 2.14. The zero-order chi connectivity index (χ0) is 11.3. The molecule has 0 radical (unpaired) electrons. The minimum atomic E-state index is -0.369. The van der Waals surface area contributed by atoms with Gasteiger partial charge in [0.2, 0.25) is 0 Å². The standard InChI is InChI=1S/C12H17NO2/c1-9(2)15-12(14)13-8-11-6-4-5-10(3)7-11/h4-7,9H,8H2,1-3H3,(H,13,14). The molecule has 0 heterocycles. The van der Waals surface area contributed by atoms with Crippen molar-refractivity contribution < 1.29 is 9.53 Å². The molecule has 0 atom stereocenters. The van der Waals surface area contributed by atoms with Gasteiger partial charge in [-0.1, -0.05) is 29.8 Å². The van der Waals surface area contributed by atoms with Crippen LogP contribution in [0.25, 0.3) is 0 Å². The predicted molar refractivity (Wildman–Crippen MR) is 59.6 cm³/mol. The molecule has 0 aromatic heterocycles. The molecule has 0 aliphatic rings. The number of benzene rings is 1. The lowest BCUT2D eigenvalue weighted by Crippen LogP contribution is -2.26. The Morgan fingerprint density at radius 2 is 2.20 bits per heavy atom. The molecule has 0 aliphatic carbocycles. The van der Waals surface area contributed by atoms with Crippen molar-refractivity contribution in [2.75, 3.05) is 0 Å². The second-order valence-electron chi connectivity index (χ2n) is 3.80. The van der Waals surface area contributed by atoms with Crippen LogP contribution in [0.1, 0.15) is 25.0 Å². The maximum Gasteiger partial charge on any atom is 0.407 e. The van der Waals surface area contributed by atoms with Gasteiger partial charge in [0.25, 0.3) is 0 Å². The van der Waals surface area contributed by atoms with Crippen molar-refractivity contribution in [3.8, 4) is 0 Å². The molecule has 0 spiro atoms. The minimum absolute atomic E-state index is 0.0810. The van der Waals surface area contributed by atoms with Gasteiger partial charge in [-0.3, -0.25) is 0 Å². The Bertz CT molecular complexity index is 334. The van der Waals surface area contributed by atoms with E-state index in [-0.39, 0.29) is 12.2 Å². The monoisotopic (exact) mass is 207 g/mol. The van der Waals surface area contributed by atoms with Crippen molar-refractivity contribution in [1.29, 1.82) is 0 Å². The minimum Gasteiger partial charge on any atom is -0.447 e. The molecule has 1 rings (SSSR count). The van der Waals surface area contributed by atoms with E-state index in [1.165, 1.54) is 5.56 Å². The van der Waals surface area contributed by atoms with E-state index in [9.17, 15) is 4.79 Å². The van der Waals surface area contributed by atoms with Crippen molar-refractivity contribution in [3.05, 3.63) is 35.4 Å². The summed E-state index contributed by atoms with van der Waals surface area (Å²) in [5, 5.41) is 2.70. The van der Waals surface area contributed by atoms with Crippen LogP contribution < -0.4 is 5.32 Å². The number of alkyl carbamates (subject to hydrolysis) is 1. The van der Waals surface area contributed by atoms with E-state index in [2.05, 4.69) is 5.32 Å². The second kappa shape index (κ2) is 5.39. The molecular formula is C12H17NO2. The molecule has 1 amide bonds. The van der Waals surface area contributed by atoms with Crippen LogP contribution in [0.2, 0.25) is 0 Å². The summed E-state index contributed by atoms with van der Waals surface area (Å²) in [5.74, 6) is 0. The van der Waals surface area contributed by atoms with E-state index in [1.54, 1.807) is 0 Å². The molecule has 1 N–H and O–H groups in total. The number of aryl methyl sites for hydroxylation is 1. The molecule has 3 heteroatoms. The van der Waals surface area contributed by atoms with Gasteiger partial charge in [0, 0.05) is 6.54 Å². The Labute approximate surface area is 90.4 Å². The van der Waals surface area contributed by atoms with Crippen LogP contribution in [0, 0.1) is 6.92 Å². The zero-order valence-electron chi connectivity index (χ0n) is 9.41. The molecule has 1 aromatic carbocycles. The van der Waals surface area contributed by atoms with Gasteiger partial charge in [0.05, 0.1) is 6.10 Å². The first kappa shape index (κ1) is 11.6. The molecular weight excluding hydrogens is 190 g/mol. The molecule has 0 bridgehead atoms. The molecule has 82 valence electrons. The number of hydrogen-bond acceptors (Lipinski definition) is 2. The summed E-state index contributed by atoms with van der Waals surface area (Å²) in [5.41, 5.74) is 2.27. The summed E-state index contributed by atoms with van der Waals surface area (Å²) in [6.07, 6.45) is -0.450. The van der Waals surface area contributed by atoms with Crippen LogP contribution in [0.4, 0.5) is 4.79 Å². The van der Waals surface area contributed by atoms with E-state index in [1.807, 2.05) is 45.0 Å². The molecule has 3 nitrogen and oxygen atoms in total. The maximum absolute atomic E-state index is 11.2. The van der Waals surface area contributed by atoms with Crippen LogP contribution in [-0.2, 0) is 11.3 Å². The molecule has 0 aliphatic heterocycles. The summed E-state index contributed by atoms with van der Waals surface area (Å²) in [6.45, 7) is 6.18. The van der Waals surface area contributed by atoms with Gasteiger partial charge in [0.15, 0.2) is 0 Å². The normalized spacial score (nSPS) is 10.1. The molecule has 0 saturated carbocycles. The highest BCUT2D eigenvalue weighted by Crippen LogP contribution is 2.03. The lowest BCUT2D eigenvalue weighted by molar-refractivity contribution is 0.115. The van der Waals surface area contributed by atoms with Crippen molar-refractivity contribution in [1.82, 2.24) is 5.32 Å². The van der Waals surface area contributed by atoms with Crippen LogP contribution in [0.15, 0.2) is 24.3 Å². The topological polar surface area (TPSA) is 38.3 Å². The second-order valence-corrected chi connectivity index (χ2v) is 3.80. The Morgan fingerprint density at radius 3 is 2.80 bits per heavy atom. The third-order valence-electron chi connectivity index (χ3n) is 1.86. The number of carbonyl (C=O) groups is 1. The summed E-state index contributed by atoms with van der Waals surface area (Å²) in [6, 6.07) is 8.01. The first-order chi connectivity index (χ1) is 7.08. The highest BCUT2D eigenvalue weighted by molar-refractivity contribution is 5.67. The average molecular weight is 207 g/mol. The van der Waals surface area contributed by atoms with Crippen molar-refractivity contribution in [2.24, 2.45) is 0 Å². The summed E-state index contributed by atoms with van der Waals surface area (Å²) >= 11 is 0. The molecule has 0 unspecified atom stereocenters. The molecule has 0 saturated heterocycles. The maximum atomic E-state index is 11.2. The highest BCUT2D eigenvalue weighted by atomic mass is 16.6. The first-order valence-electron chi connectivity index (χ1n) is 5.08. The summed E-state index contributed by atoms with van der Waals surface area (Å²) < 4.78 is 4.95. The van der Waals surface area contributed by atoms with E-state index in [0.29, 0.717) is 6.54 Å². The Morgan fingerprint density at radius 1 is 1.47 bits per heavy atom. The lowest BCUT2D eigenvalue weighted by atomic mass is 10.1. The van der Waals surface area contributed by atoms with Gasteiger partial charge in [-0.05, 0) is 26.3 Å². The van der Waals surface area contributed by atoms with Gasteiger partial charge < -0.3 is 10.1 Å². The van der Waals surface area contributed by atoms with Gasteiger partial charge in [0.1, 0.15) is 0 Å². The predicted octanol–water partition coefficient (Wildman–Crippen LogP) is 2.63. The van der Waals surface area contributed by atoms with Gasteiger partial charge in [-0.25, -0.2) is 4.79 Å². The number of ether oxygens (including phenoxy) is 1. The first-order valence-corrected chi connectivity index (χ1v) is 5.08. The number of rotatable bonds is 3. The summed E-state index contributed by atoms with van der Waals surface area (Å²) in [4.78, 5) is 11.2. The van der Waals surface area contributed by atoms with Crippen molar-refractivity contribution in [3.63, 3.8) is 0 Å². The van der Waals surface area contributed by atoms with Gasteiger partial charge >= 0.3 is 6.09 Å². The van der Waals surface area contributed by atoms with Crippen molar-refractivity contribution in [2.45, 2.75) is 33.4 Å². The van der Waals surface area contributed by atoms with E-state index in [4.69, 9.17) is 4.74 Å². The fourth-order valence-corrected chi connectivity index (χ4v) is 1.25. The van der Waals surface area contributed by atoms with E-state index in [0.717, 1.165) is 5.56 Å². The third-order valence-corrected chi connectivity index (χ3v) is 1.86. The Hall–Kier alpha value is -1.51. The quantitative estimate of drug-likeness (QED) is 0.827. The Balaban J connectivity index is 2.40. The lowest BCUT2D eigenvalue weighted by Gasteiger charge is -2.09. The van der Waals surface area contributed by atoms with Gasteiger partial charge in [-0.15, -0.1) is 0 Å². The summed E-state index contributed by atoms with van der Waals surface area (Å²) in [7, 11) is 0. The van der Waals surface area contributed by atoms with E-state index < -0.39 is 0 Å². The molecule has 0 fully saturated rings. The SMILES string of the molecule is Cc1cccc(CNC(=O)OC(C)C)c1. The van der Waals surface area contributed by atoms with Crippen LogP contribution >= 0.6 is 0 Å². The fourth-order valence-electron chi connectivity index (χ4n) is 1.25. The number of amides is 1. The molecule has 1 aromatic rings. The Kier molecular flexibility index (Phi) is 4.16. The highest BCUT2D eigenvalue weighted by Gasteiger charge is 2.03. The third kappa shape index (κ3) is 4.49. The van der Waals surface area contributed by atoms with Crippen LogP contribution in [0.5, 0.6) is 0 Å². The van der Waals surface area contributed by atoms with Gasteiger partial charge in [-0.2, -0.15) is 0 Å². The number of hydrogen-bond donors (Lipinski definition) is 1. The smallest absolute Gasteiger partial charge is 0.407 e. The number of carbonyl (C=O) groups excluding carboxylic acids is 1. The van der Waals surface area contributed by atoms with Crippen LogP contribution in [-0.4, -0.2) is 12.2 Å². The number of nitrogens with one attached hydrogen (secondary N) is 1.